The number of thiophene rings is 1. The lowest BCUT2D eigenvalue weighted by atomic mass is 10.1. The van der Waals surface area contributed by atoms with E-state index >= 15 is 0 Å². The first kappa shape index (κ1) is 12.9. The lowest BCUT2D eigenvalue weighted by Gasteiger charge is -2.13. The Morgan fingerprint density at radius 1 is 1.18 bits per heavy atom. The molecule has 2 rings (SSSR count). The lowest BCUT2D eigenvalue weighted by Crippen LogP contribution is -2.11. The van der Waals surface area contributed by atoms with Crippen LogP contribution in [-0.4, -0.2) is 0 Å². The Bertz CT molecular complexity index is 502. The average molecular weight is 286 g/mol. The second-order valence-electron chi connectivity index (χ2n) is 3.77. The van der Waals surface area contributed by atoms with Gasteiger partial charge in [0.1, 0.15) is 0 Å². The third-order valence-electron chi connectivity index (χ3n) is 2.65. The molecular weight excluding hydrogens is 273 g/mol. The molecule has 1 aromatic heterocycles. The molecule has 1 unspecified atom stereocenters. The predicted molar refractivity (Wildman–Crippen MR) is 76.2 cm³/mol. The molecule has 0 aliphatic heterocycles. The van der Waals surface area contributed by atoms with Crippen LogP contribution in [0.3, 0.4) is 0 Å². The predicted octanol–water partition coefficient (Wildman–Crippen LogP) is 4.67. The third-order valence-corrected chi connectivity index (χ3v) is 4.62. The summed E-state index contributed by atoms with van der Waals surface area (Å²) in [5.41, 5.74) is 7.03. The molecule has 17 heavy (non-hydrogen) atoms. The number of hydrogen-bond donors (Lipinski definition) is 1. The van der Waals surface area contributed by atoms with Crippen molar-refractivity contribution >= 4 is 34.5 Å². The molecule has 0 spiro atoms. The van der Waals surface area contributed by atoms with Crippen LogP contribution in [0.2, 0.25) is 10.0 Å². The quantitative estimate of drug-likeness (QED) is 0.872. The Morgan fingerprint density at radius 3 is 2.35 bits per heavy atom. The van der Waals surface area contributed by atoms with Gasteiger partial charge in [0, 0.05) is 25.4 Å². The fourth-order valence-electron chi connectivity index (χ4n) is 1.70. The van der Waals surface area contributed by atoms with Crippen LogP contribution >= 0.6 is 34.5 Å². The summed E-state index contributed by atoms with van der Waals surface area (Å²) < 4.78 is 0. The van der Waals surface area contributed by atoms with Gasteiger partial charge in [-0.15, -0.1) is 11.3 Å². The minimum absolute atomic E-state index is 0.249. The van der Waals surface area contributed by atoms with Gasteiger partial charge in [0.15, 0.2) is 0 Å². The van der Waals surface area contributed by atoms with Gasteiger partial charge in [-0.2, -0.15) is 0 Å². The van der Waals surface area contributed by atoms with Crippen molar-refractivity contribution in [2.24, 2.45) is 5.73 Å². The minimum Gasteiger partial charge on any atom is -0.320 e. The lowest BCUT2D eigenvalue weighted by molar-refractivity contribution is 0.894. The van der Waals surface area contributed by atoms with E-state index in [1.54, 1.807) is 11.3 Å². The van der Waals surface area contributed by atoms with Crippen molar-refractivity contribution in [2.45, 2.75) is 19.4 Å². The second-order valence-corrected chi connectivity index (χ2v) is 5.78. The molecule has 0 fully saturated rings. The van der Waals surface area contributed by atoms with E-state index < -0.39 is 0 Å². The van der Waals surface area contributed by atoms with Crippen LogP contribution in [0.1, 0.15) is 28.3 Å². The Balaban J connectivity index is 2.39. The zero-order chi connectivity index (χ0) is 12.4. The van der Waals surface area contributed by atoms with E-state index in [1.165, 1.54) is 4.88 Å². The van der Waals surface area contributed by atoms with Crippen molar-refractivity contribution in [3.8, 4) is 0 Å². The van der Waals surface area contributed by atoms with Gasteiger partial charge in [-0.3, -0.25) is 0 Å². The van der Waals surface area contributed by atoms with Gasteiger partial charge in [0.25, 0.3) is 0 Å². The first-order valence-electron chi connectivity index (χ1n) is 5.41. The van der Waals surface area contributed by atoms with Crippen LogP contribution in [0, 0.1) is 0 Å². The van der Waals surface area contributed by atoms with Gasteiger partial charge in [-0.05, 0) is 30.7 Å². The van der Waals surface area contributed by atoms with Gasteiger partial charge < -0.3 is 5.73 Å². The molecule has 90 valence electrons. The van der Waals surface area contributed by atoms with Crippen LogP contribution in [0.5, 0.6) is 0 Å². The number of hydrogen-bond acceptors (Lipinski definition) is 2. The third kappa shape index (κ3) is 2.66. The maximum Gasteiger partial charge on any atom is 0.0675 e. The van der Waals surface area contributed by atoms with Crippen LogP contribution in [-0.2, 0) is 6.42 Å². The van der Waals surface area contributed by atoms with Crippen molar-refractivity contribution in [1.29, 1.82) is 0 Å². The summed E-state index contributed by atoms with van der Waals surface area (Å²) in [6.45, 7) is 2.13. The molecule has 2 N–H and O–H groups in total. The summed E-state index contributed by atoms with van der Waals surface area (Å²) in [6, 6.07) is 9.36. The number of aryl methyl sites for hydroxylation is 1. The highest BCUT2D eigenvalue weighted by molar-refractivity contribution is 7.12. The van der Waals surface area contributed by atoms with E-state index in [1.807, 2.05) is 24.3 Å². The Morgan fingerprint density at radius 2 is 1.82 bits per heavy atom. The fraction of sp³-hybridized carbons (Fsp3) is 0.231. The van der Waals surface area contributed by atoms with E-state index in [0.717, 1.165) is 16.9 Å². The van der Waals surface area contributed by atoms with Crippen LogP contribution < -0.4 is 5.73 Å². The van der Waals surface area contributed by atoms with Gasteiger partial charge in [0.05, 0.1) is 6.04 Å². The fourth-order valence-corrected chi connectivity index (χ4v) is 3.30. The van der Waals surface area contributed by atoms with Crippen LogP contribution in [0.25, 0.3) is 0 Å². The highest BCUT2D eigenvalue weighted by Crippen LogP contribution is 2.35. The van der Waals surface area contributed by atoms with Crippen molar-refractivity contribution in [3.63, 3.8) is 0 Å². The topological polar surface area (TPSA) is 26.0 Å². The highest BCUT2D eigenvalue weighted by atomic mass is 35.5. The molecule has 1 atom stereocenters. The molecular formula is C13H13Cl2NS. The molecule has 2 aromatic rings. The smallest absolute Gasteiger partial charge is 0.0675 e. The molecule has 0 amide bonds. The summed E-state index contributed by atoms with van der Waals surface area (Å²) in [5.74, 6) is 0. The molecule has 0 aliphatic rings. The second kappa shape index (κ2) is 5.40. The number of nitrogens with two attached hydrogens (primary N) is 1. The van der Waals surface area contributed by atoms with Crippen molar-refractivity contribution in [2.75, 3.05) is 0 Å². The van der Waals surface area contributed by atoms with Crippen molar-refractivity contribution in [3.05, 3.63) is 55.7 Å². The Kier molecular flexibility index (Phi) is 4.10. The summed E-state index contributed by atoms with van der Waals surface area (Å²) in [6.07, 6.45) is 1.02. The SMILES string of the molecule is CCc1ccc(C(N)c2c(Cl)cccc2Cl)s1. The number of benzene rings is 1. The van der Waals surface area contributed by atoms with Gasteiger partial charge in [-0.25, -0.2) is 0 Å². The number of halogens is 2. The Hall–Kier alpha value is -0.540. The first-order valence-corrected chi connectivity index (χ1v) is 6.98. The summed E-state index contributed by atoms with van der Waals surface area (Å²) in [4.78, 5) is 2.41. The molecule has 0 radical (unpaired) electrons. The number of rotatable bonds is 3. The molecule has 1 heterocycles. The maximum absolute atomic E-state index is 6.23. The summed E-state index contributed by atoms with van der Waals surface area (Å²) in [5, 5.41) is 1.24. The summed E-state index contributed by atoms with van der Waals surface area (Å²) >= 11 is 14.0. The standard InChI is InChI=1S/C13H13Cl2NS/c1-2-8-6-7-11(17-8)13(16)12-9(14)4-3-5-10(12)15/h3-7,13H,2,16H2,1H3. The molecule has 1 aromatic carbocycles. The van der Waals surface area contributed by atoms with Gasteiger partial charge >= 0.3 is 0 Å². The molecule has 0 saturated carbocycles. The maximum atomic E-state index is 6.23. The zero-order valence-corrected chi connectivity index (χ0v) is 11.7. The van der Waals surface area contributed by atoms with Gasteiger partial charge in [0.2, 0.25) is 0 Å². The van der Waals surface area contributed by atoms with E-state index in [9.17, 15) is 0 Å². The molecule has 1 nitrogen and oxygen atoms in total. The largest absolute Gasteiger partial charge is 0.320 e. The first-order chi connectivity index (χ1) is 8.13. The van der Waals surface area contributed by atoms with Crippen LogP contribution in [0.4, 0.5) is 0 Å². The monoisotopic (exact) mass is 285 g/mol. The van der Waals surface area contributed by atoms with E-state index in [4.69, 9.17) is 28.9 Å². The molecule has 0 saturated heterocycles. The highest BCUT2D eigenvalue weighted by Gasteiger charge is 2.17. The molecule has 4 heteroatoms. The van der Waals surface area contributed by atoms with Crippen molar-refractivity contribution < 1.29 is 0 Å². The van der Waals surface area contributed by atoms with E-state index in [0.29, 0.717) is 10.0 Å². The minimum atomic E-state index is -0.249. The molecule has 0 bridgehead atoms. The average Bonchev–Trinajstić information content (AvgIpc) is 2.77. The van der Waals surface area contributed by atoms with Crippen LogP contribution in [0.15, 0.2) is 30.3 Å². The van der Waals surface area contributed by atoms with Gasteiger partial charge in [-0.1, -0.05) is 36.2 Å². The van der Waals surface area contributed by atoms with E-state index in [2.05, 4.69) is 13.0 Å². The molecule has 0 aliphatic carbocycles. The Labute approximate surface area is 115 Å². The normalized spacial score (nSPS) is 12.7. The zero-order valence-electron chi connectivity index (χ0n) is 9.41. The van der Waals surface area contributed by atoms with Crippen molar-refractivity contribution in [1.82, 2.24) is 0 Å². The van der Waals surface area contributed by atoms with E-state index in [-0.39, 0.29) is 6.04 Å². The summed E-state index contributed by atoms with van der Waals surface area (Å²) in [7, 11) is 0.